The quantitative estimate of drug-likeness (QED) is 0.106. The zero-order valence-corrected chi connectivity index (χ0v) is 64.8. The van der Waals surface area contributed by atoms with Gasteiger partial charge in [0.2, 0.25) is 0 Å². The van der Waals surface area contributed by atoms with Crippen molar-refractivity contribution in [3.63, 3.8) is 0 Å². The maximum absolute atomic E-state index is 7.03. The van der Waals surface area contributed by atoms with Gasteiger partial charge in [0.05, 0.1) is 0 Å². The standard InChI is InChI=1S/C112H68N6O2/c1-4-21-69(22-5-1)70-45-51-78(52-46-70)108-114-109(117-112(116-108)88-66-85-29-12-15-33-92(85)100(68-88)96-62-61-94(75-23-6-2-7-24-75)106-104(96)97-34-16-17-39-101(97)119-106)79-53-47-72(48-54-79)71-41-43-73(44-42-71)81-57-58-83-64-86(60-59-82(83)63-81)93-36-19-38-98-103-95(37-20-40-102(103)120-105(93)98)99-67-87(65-84-28-11-14-32-91(84)99)111-115-107(77-26-8-3-9-27-77)113-110(118-111)80-55-49-76(50-56-80)90-35-18-30-74-25-10-13-31-89(74)90/h1-68H. The van der Waals surface area contributed by atoms with Crippen LogP contribution in [0.1, 0.15) is 0 Å². The Morgan fingerprint density at radius 2 is 0.458 bits per heavy atom. The Labute approximate surface area is 691 Å². The summed E-state index contributed by atoms with van der Waals surface area (Å²) in [5.74, 6) is 3.52. The highest BCUT2D eigenvalue weighted by Gasteiger charge is 2.25. The van der Waals surface area contributed by atoms with E-state index in [0.29, 0.717) is 34.9 Å². The van der Waals surface area contributed by atoms with Crippen LogP contribution in [0.25, 0.3) is 244 Å². The summed E-state index contributed by atoms with van der Waals surface area (Å²) in [7, 11) is 0. The van der Waals surface area contributed by atoms with E-state index < -0.39 is 0 Å². The molecule has 23 aromatic rings. The molecule has 0 bridgehead atoms. The monoisotopic (exact) mass is 1530 g/mol. The number of hydrogen-bond acceptors (Lipinski definition) is 8. The van der Waals surface area contributed by atoms with Crippen LogP contribution < -0.4 is 0 Å². The number of fused-ring (bicyclic) bond motifs is 10. The Hall–Kier alpha value is -16.2. The highest BCUT2D eigenvalue weighted by atomic mass is 16.3. The van der Waals surface area contributed by atoms with E-state index in [-0.39, 0.29) is 0 Å². The molecule has 0 aliphatic rings. The van der Waals surface area contributed by atoms with Crippen molar-refractivity contribution in [2.75, 3.05) is 0 Å². The van der Waals surface area contributed by atoms with Gasteiger partial charge in [0.25, 0.3) is 0 Å². The zero-order chi connectivity index (χ0) is 79.1. The molecule has 0 atom stereocenters. The van der Waals surface area contributed by atoms with E-state index in [2.05, 4.69) is 376 Å². The molecule has 0 saturated heterocycles. The molecule has 19 aromatic carbocycles. The molecule has 0 aliphatic carbocycles. The lowest BCUT2D eigenvalue weighted by Crippen LogP contribution is -2.00. The van der Waals surface area contributed by atoms with Gasteiger partial charge in [-0.05, 0) is 176 Å². The summed E-state index contributed by atoms with van der Waals surface area (Å²) in [5.41, 5.74) is 26.1. The summed E-state index contributed by atoms with van der Waals surface area (Å²) in [6, 6.07) is 146. The van der Waals surface area contributed by atoms with Crippen molar-refractivity contribution in [3.05, 3.63) is 413 Å². The second kappa shape index (κ2) is 29.0. The minimum Gasteiger partial charge on any atom is -0.455 e. The molecule has 120 heavy (non-hydrogen) atoms. The third-order valence-corrected chi connectivity index (χ3v) is 23.6. The molecule has 8 heteroatoms. The highest BCUT2D eigenvalue weighted by Crippen LogP contribution is 2.48. The van der Waals surface area contributed by atoms with Crippen molar-refractivity contribution >= 4 is 87.0 Å². The van der Waals surface area contributed by atoms with Crippen molar-refractivity contribution in [2.24, 2.45) is 0 Å². The van der Waals surface area contributed by atoms with Gasteiger partial charge in [-0.25, -0.2) is 29.9 Å². The Kier molecular flexibility index (Phi) is 16.7. The maximum Gasteiger partial charge on any atom is 0.164 e. The predicted octanol–water partition coefficient (Wildman–Crippen LogP) is 29.8. The van der Waals surface area contributed by atoms with E-state index in [9.17, 15) is 0 Å². The summed E-state index contributed by atoms with van der Waals surface area (Å²) < 4.78 is 13.8. The second-order valence-electron chi connectivity index (χ2n) is 30.7. The minimum absolute atomic E-state index is 0.573. The zero-order valence-electron chi connectivity index (χ0n) is 64.8. The van der Waals surface area contributed by atoms with E-state index in [0.717, 1.165) is 193 Å². The van der Waals surface area contributed by atoms with Gasteiger partial charge in [0, 0.05) is 66.1 Å². The topological polar surface area (TPSA) is 104 Å². The lowest BCUT2D eigenvalue weighted by molar-refractivity contribution is 0.669. The SMILES string of the molecule is c1ccc(-c2ccc(-c3nc(-c4ccc(-c5ccc(-c6ccc7cc(-c8cccc9c8oc8cccc(-c%10cc(-c%11nc(-c%12ccccc%12)nc(-c%12ccc(-c%13cccc%14ccccc%13%14)cc%12)n%11)cc%11ccccc%10%11)c89)ccc7c6)cc5)cc4)nc(-c4cc(-c5ccc(-c6ccccc6)c6oc7ccccc7c56)c5ccccc5c4)n3)cc2)cc1. The average molecular weight is 1530 g/mol. The summed E-state index contributed by atoms with van der Waals surface area (Å²) in [4.78, 5) is 31.7. The van der Waals surface area contributed by atoms with Crippen LogP contribution in [0, 0.1) is 0 Å². The third kappa shape index (κ3) is 12.4. The summed E-state index contributed by atoms with van der Waals surface area (Å²) >= 11 is 0. The average Bonchev–Trinajstić information content (AvgIpc) is 1.53. The highest BCUT2D eigenvalue weighted by molar-refractivity contribution is 6.20. The van der Waals surface area contributed by atoms with Crippen LogP contribution in [0.4, 0.5) is 0 Å². The number of hydrogen-bond donors (Lipinski definition) is 0. The summed E-state index contributed by atoms with van der Waals surface area (Å²) in [5, 5.41) is 13.3. The maximum atomic E-state index is 7.03. The van der Waals surface area contributed by atoms with Gasteiger partial charge >= 0.3 is 0 Å². The van der Waals surface area contributed by atoms with Crippen LogP contribution >= 0.6 is 0 Å². The first-order chi connectivity index (χ1) is 59.4. The normalized spacial score (nSPS) is 11.7. The third-order valence-electron chi connectivity index (χ3n) is 23.6. The number of furan rings is 2. The predicted molar refractivity (Wildman–Crippen MR) is 494 cm³/mol. The van der Waals surface area contributed by atoms with Crippen LogP contribution in [0.15, 0.2) is 421 Å². The van der Waals surface area contributed by atoms with Crippen molar-refractivity contribution in [1.29, 1.82) is 0 Å². The number of rotatable bonds is 14. The van der Waals surface area contributed by atoms with E-state index in [1.54, 1.807) is 0 Å². The fourth-order valence-corrected chi connectivity index (χ4v) is 17.6. The van der Waals surface area contributed by atoms with Gasteiger partial charge in [-0.2, -0.15) is 0 Å². The van der Waals surface area contributed by atoms with E-state index in [1.165, 1.54) is 16.3 Å². The molecular formula is C112H68N6O2. The van der Waals surface area contributed by atoms with Gasteiger partial charge < -0.3 is 8.83 Å². The molecule has 0 fully saturated rings. The second-order valence-corrected chi connectivity index (χ2v) is 30.7. The van der Waals surface area contributed by atoms with Gasteiger partial charge in [-0.15, -0.1) is 0 Å². The molecule has 0 N–H and O–H groups in total. The number of nitrogens with zero attached hydrogens (tertiary/aromatic N) is 6. The Balaban J connectivity index is 0.547. The fraction of sp³-hybridized carbons (Fsp3) is 0. The van der Waals surface area contributed by atoms with E-state index in [1.807, 2.05) is 36.4 Å². The number of aromatic nitrogens is 6. The molecule has 0 radical (unpaired) electrons. The first-order valence-electron chi connectivity index (χ1n) is 40.5. The largest absolute Gasteiger partial charge is 0.455 e. The van der Waals surface area contributed by atoms with Crippen LogP contribution in [0.2, 0.25) is 0 Å². The molecule has 0 amide bonds. The van der Waals surface area contributed by atoms with Crippen LogP contribution in [0.3, 0.4) is 0 Å². The van der Waals surface area contributed by atoms with Crippen LogP contribution in [-0.2, 0) is 0 Å². The fourth-order valence-electron chi connectivity index (χ4n) is 17.6. The molecule has 0 unspecified atom stereocenters. The van der Waals surface area contributed by atoms with Gasteiger partial charge in [0.1, 0.15) is 22.3 Å². The molecule has 0 aliphatic heterocycles. The van der Waals surface area contributed by atoms with Crippen molar-refractivity contribution in [1.82, 2.24) is 29.9 Å². The minimum atomic E-state index is 0.573. The van der Waals surface area contributed by atoms with Gasteiger partial charge in [-0.3, -0.25) is 0 Å². The Morgan fingerprint density at radius 3 is 1.02 bits per heavy atom. The van der Waals surface area contributed by atoms with E-state index in [4.69, 9.17) is 38.7 Å². The Morgan fingerprint density at radius 1 is 0.142 bits per heavy atom. The molecule has 23 rings (SSSR count). The van der Waals surface area contributed by atoms with Crippen LogP contribution in [-0.4, -0.2) is 29.9 Å². The summed E-state index contributed by atoms with van der Waals surface area (Å²) in [6.45, 7) is 0. The molecule has 558 valence electrons. The Bertz CT molecular complexity index is 7980. The number of para-hydroxylation sites is 2. The molecule has 8 nitrogen and oxygen atoms in total. The van der Waals surface area contributed by atoms with Gasteiger partial charge in [0.15, 0.2) is 34.9 Å². The first-order valence-corrected chi connectivity index (χ1v) is 40.5. The molecular weight excluding hydrogens is 1460 g/mol. The lowest BCUT2D eigenvalue weighted by Gasteiger charge is -2.14. The van der Waals surface area contributed by atoms with Crippen molar-refractivity contribution in [2.45, 2.75) is 0 Å². The smallest absolute Gasteiger partial charge is 0.164 e. The van der Waals surface area contributed by atoms with Gasteiger partial charge in [-0.1, -0.05) is 358 Å². The molecule has 4 heterocycles. The molecule has 0 saturated carbocycles. The van der Waals surface area contributed by atoms with E-state index >= 15 is 0 Å². The number of benzene rings is 19. The van der Waals surface area contributed by atoms with Crippen molar-refractivity contribution in [3.8, 4) is 157 Å². The molecule has 0 spiro atoms. The summed E-state index contributed by atoms with van der Waals surface area (Å²) in [6.07, 6.45) is 0. The lowest BCUT2D eigenvalue weighted by atomic mass is 9.90. The van der Waals surface area contributed by atoms with Crippen molar-refractivity contribution < 1.29 is 8.83 Å². The first kappa shape index (κ1) is 69.4. The van der Waals surface area contributed by atoms with Crippen LogP contribution in [0.5, 0.6) is 0 Å². The molecule has 4 aromatic heterocycles.